The molecule has 0 fully saturated rings. The van der Waals surface area contributed by atoms with Crippen molar-refractivity contribution in [2.45, 2.75) is 38.6 Å². The third-order valence-electron chi connectivity index (χ3n) is 5.87. The summed E-state index contributed by atoms with van der Waals surface area (Å²) >= 11 is 6.42. The van der Waals surface area contributed by atoms with Gasteiger partial charge >= 0.3 is 0 Å². The number of fused-ring (bicyclic) bond motifs is 1. The van der Waals surface area contributed by atoms with Gasteiger partial charge in [0.1, 0.15) is 11.6 Å². The molecule has 7 heteroatoms. The zero-order valence-electron chi connectivity index (χ0n) is 17.8. The first-order chi connectivity index (χ1) is 15.8. The molecule has 0 radical (unpaired) electrons. The number of aryl methyl sites for hydroxylation is 3. The number of halogens is 1. The van der Waals surface area contributed by atoms with Crippen molar-refractivity contribution in [3.8, 4) is 0 Å². The topological polar surface area (TPSA) is 75.2 Å². The fraction of sp³-hybridized carbons (Fsp3) is 0.240. The number of imidazole rings is 1. The van der Waals surface area contributed by atoms with Gasteiger partial charge in [0.2, 0.25) is 0 Å². The van der Waals surface area contributed by atoms with Gasteiger partial charge in [-0.25, -0.2) is 4.98 Å². The minimum Gasteiger partial charge on any atom is -0.361 e. The van der Waals surface area contributed by atoms with Crippen LogP contribution in [-0.2, 0) is 32.2 Å². The van der Waals surface area contributed by atoms with Crippen molar-refractivity contribution < 1.29 is 0 Å². The van der Waals surface area contributed by atoms with Gasteiger partial charge in [0.25, 0.3) is 0 Å². The largest absolute Gasteiger partial charge is 0.361 e. The van der Waals surface area contributed by atoms with Crippen LogP contribution in [0.4, 0.5) is 0 Å². The number of hydrogen-bond donors (Lipinski definition) is 2. The smallest absolute Gasteiger partial charge is 0.137 e. The number of hydrogen-bond acceptors (Lipinski definition) is 3. The molecule has 0 unspecified atom stereocenters. The van der Waals surface area contributed by atoms with Gasteiger partial charge < -0.3 is 14.5 Å². The molecule has 0 aliphatic carbocycles. The maximum absolute atomic E-state index is 6.42. The lowest BCUT2D eigenvalue weighted by atomic mass is 10.1. The number of nitrogens with zero attached hydrogens (tertiary/aromatic N) is 4. The molecule has 0 saturated heterocycles. The SMILES string of the molecule is Clc1ccccc1Cc1nnc(CCc2c[nH]c3ccccc23)n1CCCc1c[nH]cn1. The van der Waals surface area contributed by atoms with Crippen LogP contribution >= 0.6 is 11.6 Å². The molecule has 5 aromatic rings. The molecular weight excluding hydrogens is 420 g/mol. The van der Waals surface area contributed by atoms with Crippen LogP contribution in [0.25, 0.3) is 10.9 Å². The van der Waals surface area contributed by atoms with Gasteiger partial charge in [0.15, 0.2) is 0 Å². The summed E-state index contributed by atoms with van der Waals surface area (Å²) in [5.41, 5.74) is 4.62. The third kappa shape index (κ3) is 4.46. The molecule has 5 rings (SSSR count). The number of H-pyrrole nitrogens is 2. The zero-order valence-corrected chi connectivity index (χ0v) is 18.5. The van der Waals surface area contributed by atoms with E-state index in [0.29, 0.717) is 6.42 Å². The van der Waals surface area contributed by atoms with E-state index in [1.165, 1.54) is 16.5 Å². The van der Waals surface area contributed by atoms with E-state index >= 15 is 0 Å². The van der Waals surface area contributed by atoms with Crippen LogP contribution in [-0.4, -0.2) is 29.7 Å². The van der Waals surface area contributed by atoms with Gasteiger partial charge in [-0.3, -0.25) is 0 Å². The second-order valence-corrected chi connectivity index (χ2v) is 8.38. The average Bonchev–Trinajstić information content (AvgIpc) is 3.55. The fourth-order valence-electron chi connectivity index (χ4n) is 4.19. The van der Waals surface area contributed by atoms with Crippen molar-refractivity contribution in [2.24, 2.45) is 0 Å². The van der Waals surface area contributed by atoms with Crippen LogP contribution < -0.4 is 0 Å². The van der Waals surface area contributed by atoms with Crippen molar-refractivity contribution in [3.05, 3.63) is 101 Å². The Morgan fingerprint density at radius 3 is 2.56 bits per heavy atom. The molecule has 3 heterocycles. The van der Waals surface area contributed by atoms with Gasteiger partial charge in [-0.15, -0.1) is 10.2 Å². The third-order valence-corrected chi connectivity index (χ3v) is 6.24. The Hall–Kier alpha value is -3.38. The molecule has 6 nitrogen and oxygen atoms in total. The van der Waals surface area contributed by atoms with Crippen LogP contribution in [0.3, 0.4) is 0 Å². The Balaban J connectivity index is 1.36. The van der Waals surface area contributed by atoms with E-state index < -0.39 is 0 Å². The number of aromatic nitrogens is 6. The summed E-state index contributed by atoms with van der Waals surface area (Å²) in [4.78, 5) is 10.7. The molecule has 0 aliphatic rings. The van der Waals surface area contributed by atoms with Gasteiger partial charge in [-0.2, -0.15) is 0 Å². The van der Waals surface area contributed by atoms with Gasteiger partial charge in [0.05, 0.1) is 12.0 Å². The van der Waals surface area contributed by atoms with E-state index in [4.69, 9.17) is 11.6 Å². The lowest BCUT2D eigenvalue weighted by Gasteiger charge is -2.11. The molecule has 0 aliphatic heterocycles. The van der Waals surface area contributed by atoms with Crippen LogP contribution in [0.5, 0.6) is 0 Å². The molecule has 0 bridgehead atoms. The molecule has 0 saturated carbocycles. The van der Waals surface area contributed by atoms with Gasteiger partial charge in [-0.05, 0) is 42.5 Å². The highest BCUT2D eigenvalue weighted by molar-refractivity contribution is 6.31. The summed E-state index contributed by atoms with van der Waals surface area (Å²) in [5, 5.41) is 11.2. The van der Waals surface area contributed by atoms with Crippen LogP contribution in [0.1, 0.15) is 34.9 Å². The number of benzene rings is 2. The Kier molecular flexibility index (Phi) is 6.03. The Labute approximate surface area is 191 Å². The summed E-state index contributed by atoms with van der Waals surface area (Å²) in [7, 11) is 0. The van der Waals surface area contributed by atoms with Crippen LogP contribution in [0, 0.1) is 0 Å². The highest BCUT2D eigenvalue weighted by atomic mass is 35.5. The quantitative estimate of drug-likeness (QED) is 0.330. The first kappa shape index (κ1) is 20.5. The van der Waals surface area contributed by atoms with Crippen molar-refractivity contribution in [2.75, 3.05) is 0 Å². The van der Waals surface area contributed by atoms with E-state index in [1.807, 2.05) is 24.4 Å². The average molecular weight is 445 g/mol. The molecule has 3 aromatic heterocycles. The number of rotatable bonds is 9. The summed E-state index contributed by atoms with van der Waals surface area (Å²) in [5.74, 6) is 1.97. The molecule has 2 aromatic carbocycles. The molecule has 0 atom stereocenters. The number of para-hydroxylation sites is 1. The van der Waals surface area contributed by atoms with E-state index in [2.05, 4.69) is 66.2 Å². The molecule has 2 N–H and O–H groups in total. The second kappa shape index (κ2) is 9.40. The normalized spacial score (nSPS) is 11.4. The van der Waals surface area contributed by atoms with E-state index in [0.717, 1.165) is 60.2 Å². The fourth-order valence-corrected chi connectivity index (χ4v) is 4.39. The van der Waals surface area contributed by atoms with Crippen molar-refractivity contribution in [3.63, 3.8) is 0 Å². The Bertz CT molecular complexity index is 1300. The lowest BCUT2D eigenvalue weighted by Crippen LogP contribution is -2.10. The predicted octanol–water partition coefficient (Wildman–Crippen LogP) is 5.14. The first-order valence-corrected chi connectivity index (χ1v) is 11.3. The van der Waals surface area contributed by atoms with E-state index in [1.54, 1.807) is 6.33 Å². The second-order valence-electron chi connectivity index (χ2n) is 7.98. The highest BCUT2D eigenvalue weighted by Crippen LogP contribution is 2.22. The zero-order chi connectivity index (χ0) is 21.8. The molecular formula is C25H25ClN6. The minimum absolute atomic E-state index is 0.669. The van der Waals surface area contributed by atoms with Crippen LogP contribution in [0.2, 0.25) is 5.02 Å². The standard InChI is InChI=1S/C25H25ClN6/c26-22-9-3-1-6-18(22)14-25-31-30-24(32(25)13-5-7-20-16-27-17-29-20)12-11-19-15-28-23-10-4-2-8-21(19)23/h1-4,6,8-10,15-17,28H,5,7,11-14H2,(H,27,29). The Morgan fingerprint density at radius 1 is 0.844 bits per heavy atom. The molecule has 0 amide bonds. The van der Waals surface area contributed by atoms with Crippen molar-refractivity contribution in [1.29, 1.82) is 0 Å². The highest BCUT2D eigenvalue weighted by Gasteiger charge is 2.15. The minimum atomic E-state index is 0.669. The van der Waals surface area contributed by atoms with Crippen molar-refractivity contribution >= 4 is 22.5 Å². The van der Waals surface area contributed by atoms with E-state index in [9.17, 15) is 0 Å². The number of aromatic amines is 2. The van der Waals surface area contributed by atoms with E-state index in [-0.39, 0.29) is 0 Å². The van der Waals surface area contributed by atoms with Gasteiger partial charge in [0, 0.05) is 47.7 Å². The van der Waals surface area contributed by atoms with Crippen LogP contribution in [0.15, 0.2) is 67.3 Å². The molecule has 162 valence electrons. The van der Waals surface area contributed by atoms with Crippen molar-refractivity contribution in [1.82, 2.24) is 29.7 Å². The predicted molar refractivity (Wildman–Crippen MR) is 127 cm³/mol. The summed E-state index contributed by atoms with van der Waals surface area (Å²) in [6, 6.07) is 16.4. The summed E-state index contributed by atoms with van der Waals surface area (Å²) in [6.07, 6.45) is 10.1. The molecule has 0 spiro atoms. The maximum atomic E-state index is 6.42. The first-order valence-electron chi connectivity index (χ1n) is 10.9. The number of nitrogens with one attached hydrogen (secondary N) is 2. The molecule has 32 heavy (non-hydrogen) atoms. The maximum Gasteiger partial charge on any atom is 0.137 e. The summed E-state index contributed by atoms with van der Waals surface area (Å²) < 4.78 is 2.27. The monoisotopic (exact) mass is 444 g/mol. The summed E-state index contributed by atoms with van der Waals surface area (Å²) in [6.45, 7) is 0.850. The lowest BCUT2D eigenvalue weighted by molar-refractivity contribution is 0.585. The van der Waals surface area contributed by atoms with Gasteiger partial charge in [-0.1, -0.05) is 48.0 Å². The Morgan fingerprint density at radius 2 is 1.69 bits per heavy atom.